The molecule has 0 aliphatic carbocycles. The fourth-order valence-corrected chi connectivity index (χ4v) is 4.16. The van der Waals surface area contributed by atoms with Crippen LogP contribution in [0.5, 0.6) is 0 Å². The Bertz CT molecular complexity index is 1040. The molecule has 0 spiro atoms. The minimum Gasteiger partial charge on any atom is -0.481 e. The van der Waals surface area contributed by atoms with Crippen LogP contribution in [0.25, 0.3) is 11.1 Å². The van der Waals surface area contributed by atoms with Crippen LogP contribution in [0.15, 0.2) is 12.1 Å². The van der Waals surface area contributed by atoms with Crippen molar-refractivity contribution in [2.75, 3.05) is 18.0 Å². The van der Waals surface area contributed by atoms with Crippen LogP contribution in [0, 0.1) is 30.9 Å². The molecule has 1 aromatic carbocycles. The average molecular weight is 493 g/mol. The van der Waals surface area contributed by atoms with Crippen molar-refractivity contribution in [2.45, 2.75) is 79.9 Å². The van der Waals surface area contributed by atoms with Gasteiger partial charge in [0, 0.05) is 41.2 Å². The van der Waals surface area contributed by atoms with Gasteiger partial charge in [-0.15, -0.1) is 0 Å². The van der Waals surface area contributed by atoms with Crippen LogP contribution in [0.3, 0.4) is 0 Å². The van der Waals surface area contributed by atoms with Gasteiger partial charge in [0.25, 0.3) is 0 Å². The molecule has 0 amide bonds. The number of nitrogens with zero attached hydrogens (tertiary/aromatic N) is 2. The number of aliphatic carboxylic acids is 1. The Hall–Kier alpha value is -2.58. The molecule has 1 aromatic heterocycles. The molecule has 1 aliphatic heterocycles. The molecule has 1 fully saturated rings. The van der Waals surface area contributed by atoms with Gasteiger partial charge in [-0.2, -0.15) is 0 Å². The highest BCUT2D eigenvalue weighted by Gasteiger charge is 2.30. The zero-order valence-corrected chi connectivity index (χ0v) is 21.8. The Balaban J connectivity index is 0.000000784. The molecule has 194 valence electrons. The largest absolute Gasteiger partial charge is 0.481 e. The van der Waals surface area contributed by atoms with Gasteiger partial charge in [0.05, 0.1) is 24.3 Å². The first-order valence-corrected chi connectivity index (χ1v) is 11.8. The third-order valence-electron chi connectivity index (χ3n) is 6.01. The van der Waals surface area contributed by atoms with E-state index in [-0.39, 0.29) is 17.4 Å². The van der Waals surface area contributed by atoms with Gasteiger partial charge in [0.2, 0.25) is 0 Å². The Labute approximate surface area is 206 Å². The summed E-state index contributed by atoms with van der Waals surface area (Å²) in [6.45, 7) is 13.9. The van der Waals surface area contributed by atoms with Gasteiger partial charge in [-0.1, -0.05) is 13.8 Å². The number of aromatic nitrogens is 1. The van der Waals surface area contributed by atoms with E-state index in [0.717, 1.165) is 25.9 Å². The van der Waals surface area contributed by atoms with Crippen LogP contribution in [0.4, 0.5) is 14.5 Å². The maximum absolute atomic E-state index is 14.5. The van der Waals surface area contributed by atoms with Crippen molar-refractivity contribution in [3.63, 3.8) is 0 Å². The van der Waals surface area contributed by atoms with E-state index in [4.69, 9.17) is 5.11 Å². The van der Waals surface area contributed by atoms with Gasteiger partial charge in [-0.05, 0) is 70.6 Å². The van der Waals surface area contributed by atoms with Crippen LogP contribution in [0.2, 0.25) is 0 Å². The smallest absolute Gasteiger partial charge is 0.307 e. The van der Waals surface area contributed by atoms with Gasteiger partial charge in [0.1, 0.15) is 11.6 Å². The first-order chi connectivity index (χ1) is 16.0. The summed E-state index contributed by atoms with van der Waals surface area (Å²) in [5.41, 5.74) is 2.56. The normalized spacial score (nSPS) is 15.5. The summed E-state index contributed by atoms with van der Waals surface area (Å²) in [6.07, 6.45) is 1.62. The fraction of sp³-hybridized carbons (Fsp3) is 0.556. The lowest BCUT2D eigenvalue weighted by atomic mass is 9.82. The van der Waals surface area contributed by atoms with E-state index in [9.17, 15) is 23.8 Å². The molecule has 0 unspecified atom stereocenters. The highest BCUT2D eigenvalue weighted by molar-refractivity contribution is 5.86. The Morgan fingerprint density at radius 1 is 1.06 bits per heavy atom. The first kappa shape index (κ1) is 28.7. The minimum absolute atomic E-state index is 0.182. The summed E-state index contributed by atoms with van der Waals surface area (Å²) in [5, 5.41) is 27.2. The van der Waals surface area contributed by atoms with Crippen molar-refractivity contribution >= 4 is 11.7 Å². The van der Waals surface area contributed by atoms with Crippen molar-refractivity contribution in [1.29, 1.82) is 0 Å². The SMILES string of the molecule is CC(C)(C)O.Cc1nc(C)c(-c2cc(F)c(CO)c(F)c2)c(N2CCC(C)(C)CC2)c1CC(=O)O. The van der Waals surface area contributed by atoms with E-state index in [2.05, 4.69) is 23.7 Å². The molecule has 0 saturated carbocycles. The lowest BCUT2D eigenvalue weighted by Gasteiger charge is -2.40. The molecule has 0 bridgehead atoms. The molecule has 6 nitrogen and oxygen atoms in total. The van der Waals surface area contributed by atoms with Gasteiger partial charge in [0.15, 0.2) is 0 Å². The lowest BCUT2D eigenvalue weighted by molar-refractivity contribution is -0.136. The van der Waals surface area contributed by atoms with E-state index >= 15 is 0 Å². The number of aliphatic hydroxyl groups excluding tert-OH is 1. The summed E-state index contributed by atoms with van der Waals surface area (Å²) >= 11 is 0. The number of carboxylic acid groups (broad SMARTS) is 1. The molecule has 8 heteroatoms. The predicted molar refractivity (Wildman–Crippen MR) is 134 cm³/mol. The number of rotatable bonds is 5. The molecule has 0 radical (unpaired) electrons. The molecule has 3 N–H and O–H groups in total. The maximum Gasteiger partial charge on any atom is 0.307 e. The van der Waals surface area contributed by atoms with Crippen molar-refractivity contribution in [2.24, 2.45) is 5.41 Å². The number of aryl methyl sites for hydroxylation is 2. The molecular formula is C27H38F2N2O4. The zero-order chi connectivity index (χ0) is 26.7. The van der Waals surface area contributed by atoms with Crippen molar-refractivity contribution in [3.8, 4) is 11.1 Å². The van der Waals surface area contributed by atoms with Crippen LogP contribution < -0.4 is 4.90 Å². The number of halogens is 2. The Morgan fingerprint density at radius 3 is 1.97 bits per heavy atom. The van der Waals surface area contributed by atoms with Crippen molar-refractivity contribution < 1.29 is 28.9 Å². The molecule has 3 rings (SSSR count). The standard InChI is InChI=1S/C23H28F2N2O3.C4H10O/c1-13-16(11-20(29)30)22(27-7-5-23(3,4)6-8-27)21(14(2)26-13)15-9-18(24)17(12-28)19(25)10-15;1-4(2,3)5/h9-10,28H,5-8,11-12H2,1-4H3,(H,29,30);5H,1-3H3. The second-order valence-corrected chi connectivity index (χ2v) is 11.0. The van der Waals surface area contributed by atoms with Crippen molar-refractivity contribution in [3.05, 3.63) is 46.3 Å². The summed E-state index contributed by atoms with van der Waals surface area (Å²) in [6, 6.07) is 2.38. The van der Waals surface area contributed by atoms with Gasteiger partial charge >= 0.3 is 5.97 Å². The zero-order valence-electron chi connectivity index (χ0n) is 21.8. The number of aliphatic hydroxyl groups is 2. The minimum atomic E-state index is -0.985. The number of anilines is 1. The van der Waals surface area contributed by atoms with Crippen LogP contribution in [-0.4, -0.2) is 45.0 Å². The monoisotopic (exact) mass is 492 g/mol. The summed E-state index contributed by atoms with van der Waals surface area (Å²) < 4.78 is 28.9. The highest BCUT2D eigenvalue weighted by atomic mass is 19.1. The molecule has 2 heterocycles. The number of pyridine rings is 1. The molecule has 1 saturated heterocycles. The number of carboxylic acids is 1. The maximum atomic E-state index is 14.5. The van der Waals surface area contributed by atoms with E-state index in [1.807, 2.05) is 0 Å². The summed E-state index contributed by atoms with van der Waals surface area (Å²) in [5.74, 6) is -2.66. The summed E-state index contributed by atoms with van der Waals surface area (Å²) in [4.78, 5) is 18.2. The molecule has 1 aliphatic rings. The van der Waals surface area contributed by atoms with Crippen LogP contribution in [-0.2, 0) is 17.8 Å². The van der Waals surface area contributed by atoms with E-state index in [1.165, 1.54) is 12.1 Å². The fourth-order valence-electron chi connectivity index (χ4n) is 4.16. The molecule has 2 aromatic rings. The number of hydrogen-bond acceptors (Lipinski definition) is 5. The van der Waals surface area contributed by atoms with Gasteiger partial charge < -0.3 is 20.2 Å². The van der Waals surface area contributed by atoms with E-state index in [0.29, 0.717) is 33.8 Å². The molecular weight excluding hydrogens is 454 g/mol. The number of carbonyl (C=O) groups is 1. The van der Waals surface area contributed by atoms with Crippen LogP contribution >= 0.6 is 0 Å². The average Bonchev–Trinajstić information content (AvgIpc) is 2.68. The molecule has 0 atom stereocenters. The Kier molecular flexibility index (Phi) is 9.00. The summed E-state index contributed by atoms with van der Waals surface area (Å²) in [7, 11) is 0. The second kappa shape index (κ2) is 11.0. The lowest BCUT2D eigenvalue weighted by Crippen LogP contribution is -2.38. The van der Waals surface area contributed by atoms with E-state index < -0.39 is 29.8 Å². The number of piperidine rings is 1. The van der Waals surface area contributed by atoms with E-state index in [1.54, 1.807) is 34.6 Å². The van der Waals surface area contributed by atoms with Gasteiger partial charge in [-0.25, -0.2) is 8.78 Å². The first-order valence-electron chi connectivity index (χ1n) is 11.8. The van der Waals surface area contributed by atoms with Gasteiger partial charge in [-0.3, -0.25) is 9.78 Å². The quantitative estimate of drug-likeness (QED) is 0.533. The third kappa shape index (κ3) is 7.70. The molecule has 35 heavy (non-hydrogen) atoms. The second-order valence-electron chi connectivity index (χ2n) is 11.0. The van der Waals surface area contributed by atoms with Crippen LogP contribution in [0.1, 0.15) is 70.0 Å². The van der Waals surface area contributed by atoms with Crippen molar-refractivity contribution in [1.82, 2.24) is 4.98 Å². The number of benzene rings is 1. The highest BCUT2D eigenvalue weighted by Crippen LogP contribution is 2.42. The Morgan fingerprint density at radius 2 is 1.54 bits per heavy atom. The third-order valence-corrected chi connectivity index (χ3v) is 6.01. The topological polar surface area (TPSA) is 93.9 Å². The predicted octanol–water partition coefficient (Wildman–Crippen LogP) is 5.17. The number of hydrogen-bond donors (Lipinski definition) is 3.